The summed E-state index contributed by atoms with van der Waals surface area (Å²) in [5.41, 5.74) is 3.70. The molecular formula is C15H18N6. The van der Waals surface area contributed by atoms with Gasteiger partial charge in [0.25, 0.3) is 0 Å². The summed E-state index contributed by atoms with van der Waals surface area (Å²) in [5.74, 6) is 0.616. The SMILES string of the molecule is CC(C)CNCc1cnnn1-c1ccc2nccnc2c1. The molecule has 0 saturated heterocycles. The Labute approximate surface area is 123 Å². The molecule has 0 saturated carbocycles. The van der Waals surface area contributed by atoms with Crippen LogP contribution >= 0.6 is 0 Å². The largest absolute Gasteiger partial charge is 0.311 e. The Kier molecular flexibility index (Phi) is 3.87. The molecule has 108 valence electrons. The van der Waals surface area contributed by atoms with Crippen molar-refractivity contribution in [1.29, 1.82) is 0 Å². The lowest BCUT2D eigenvalue weighted by molar-refractivity contribution is 0.542. The third kappa shape index (κ3) is 3.05. The molecular weight excluding hydrogens is 264 g/mol. The second kappa shape index (κ2) is 5.97. The van der Waals surface area contributed by atoms with Crippen molar-refractivity contribution in [3.63, 3.8) is 0 Å². The fourth-order valence-corrected chi connectivity index (χ4v) is 2.17. The average molecular weight is 282 g/mol. The van der Waals surface area contributed by atoms with Crippen LogP contribution in [-0.2, 0) is 6.54 Å². The number of hydrogen-bond donors (Lipinski definition) is 1. The van der Waals surface area contributed by atoms with E-state index in [4.69, 9.17) is 0 Å². The van der Waals surface area contributed by atoms with Crippen LogP contribution in [0, 0.1) is 5.92 Å². The second-order valence-corrected chi connectivity index (χ2v) is 5.39. The maximum absolute atomic E-state index is 4.33. The smallest absolute Gasteiger partial charge is 0.0908 e. The maximum Gasteiger partial charge on any atom is 0.0908 e. The number of fused-ring (bicyclic) bond motifs is 1. The summed E-state index contributed by atoms with van der Waals surface area (Å²) >= 11 is 0. The van der Waals surface area contributed by atoms with Crippen molar-refractivity contribution in [3.05, 3.63) is 42.5 Å². The molecule has 0 bridgehead atoms. The molecule has 1 N–H and O–H groups in total. The van der Waals surface area contributed by atoms with E-state index in [0.717, 1.165) is 35.5 Å². The molecule has 21 heavy (non-hydrogen) atoms. The predicted molar refractivity (Wildman–Crippen MR) is 81.0 cm³/mol. The van der Waals surface area contributed by atoms with Gasteiger partial charge >= 0.3 is 0 Å². The predicted octanol–water partition coefficient (Wildman–Crippen LogP) is 1.96. The molecule has 0 fully saturated rings. The van der Waals surface area contributed by atoms with Crippen molar-refractivity contribution in [1.82, 2.24) is 30.3 Å². The van der Waals surface area contributed by atoms with Crippen LogP contribution < -0.4 is 5.32 Å². The normalized spacial score (nSPS) is 11.4. The molecule has 0 atom stereocenters. The summed E-state index contributed by atoms with van der Waals surface area (Å²) in [4.78, 5) is 8.60. The van der Waals surface area contributed by atoms with Gasteiger partial charge in [-0.1, -0.05) is 19.1 Å². The first kappa shape index (κ1) is 13.6. The zero-order valence-corrected chi connectivity index (χ0v) is 12.2. The molecule has 0 aliphatic carbocycles. The van der Waals surface area contributed by atoms with Crippen LogP contribution in [0.15, 0.2) is 36.8 Å². The van der Waals surface area contributed by atoms with Crippen LogP contribution in [-0.4, -0.2) is 31.5 Å². The molecule has 0 aliphatic heterocycles. The van der Waals surface area contributed by atoms with Crippen LogP contribution in [0.1, 0.15) is 19.5 Å². The Morgan fingerprint density at radius 3 is 2.76 bits per heavy atom. The van der Waals surface area contributed by atoms with E-state index in [0.29, 0.717) is 5.92 Å². The van der Waals surface area contributed by atoms with Gasteiger partial charge in [-0.05, 0) is 30.7 Å². The van der Waals surface area contributed by atoms with E-state index in [1.165, 1.54) is 0 Å². The van der Waals surface area contributed by atoms with Crippen molar-refractivity contribution in [2.24, 2.45) is 5.92 Å². The van der Waals surface area contributed by atoms with Crippen LogP contribution in [0.4, 0.5) is 0 Å². The van der Waals surface area contributed by atoms with Gasteiger partial charge in [-0.3, -0.25) is 9.97 Å². The first-order chi connectivity index (χ1) is 10.2. The summed E-state index contributed by atoms with van der Waals surface area (Å²) in [6.45, 7) is 6.08. The number of nitrogens with zero attached hydrogens (tertiary/aromatic N) is 5. The van der Waals surface area contributed by atoms with E-state index >= 15 is 0 Å². The average Bonchev–Trinajstić information content (AvgIpc) is 2.95. The van der Waals surface area contributed by atoms with Gasteiger partial charge < -0.3 is 5.32 Å². The Morgan fingerprint density at radius 2 is 1.95 bits per heavy atom. The quantitative estimate of drug-likeness (QED) is 0.774. The van der Waals surface area contributed by atoms with Gasteiger partial charge in [-0.15, -0.1) is 5.10 Å². The van der Waals surface area contributed by atoms with E-state index in [1.807, 2.05) is 22.9 Å². The molecule has 2 heterocycles. The lowest BCUT2D eigenvalue weighted by atomic mass is 10.2. The van der Waals surface area contributed by atoms with E-state index in [2.05, 4.69) is 39.4 Å². The third-order valence-corrected chi connectivity index (χ3v) is 3.18. The monoisotopic (exact) mass is 282 g/mol. The summed E-state index contributed by atoms with van der Waals surface area (Å²) in [7, 11) is 0. The van der Waals surface area contributed by atoms with Crippen LogP contribution in [0.5, 0.6) is 0 Å². The molecule has 0 radical (unpaired) electrons. The third-order valence-electron chi connectivity index (χ3n) is 3.18. The number of benzene rings is 1. The molecule has 0 amide bonds. The number of nitrogens with one attached hydrogen (secondary N) is 1. The van der Waals surface area contributed by atoms with Crippen molar-refractivity contribution < 1.29 is 0 Å². The van der Waals surface area contributed by atoms with Gasteiger partial charge in [0.05, 0.1) is 28.6 Å². The zero-order chi connectivity index (χ0) is 14.7. The van der Waals surface area contributed by atoms with Crippen molar-refractivity contribution in [2.75, 3.05) is 6.54 Å². The van der Waals surface area contributed by atoms with Crippen molar-refractivity contribution in [3.8, 4) is 5.69 Å². The Balaban J connectivity index is 1.86. The fraction of sp³-hybridized carbons (Fsp3) is 0.333. The number of rotatable bonds is 5. The highest BCUT2D eigenvalue weighted by Gasteiger charge is 2.07. The van der Waals surface area contributed by atoms with Gasteiger partial charge in [-0.2, -0.15) is 0 Å². The molecule has 0 spiro atoms. The molecule has 0 unspecified atom stereocenters. The minimum Gasteiger partial charge on any atom is -0.311 e. The lowest BCUT2D eigenvalue weighted by Gasteiger charge is -2.09. The summed E-state index contributed by atoms with van der Waals surface area (Å²) in [5, 5.41) is 11.6. The molecule has 0 aliphatic rings. The van der Waals surface area contributed by atoms with E-state index < -0.39 is 0 Å². The maximum atomic E-state index is 4.33. The first-order valence-electron chi connectivity index (χ1n) is 7.05. The highest BCUT2D eigenvalue weighted by molar-refractivity contribution is 5.76. The van der Waals surface area contributed by atoms with Gasteiger partial charge in [-0.25, -0.2) is 4.68 Å². The topological polar surface area (TPSA) is 68.5 Å². The minimum absolute atomic E-state index is 0.616. The molecule has 6 nitrogen and oxygen atoms in total. The fourth-order valence-electron chi connectivity index (χ4n) is 2.17. The summed E-state index contributed by atoms with van der Waals surface area (Å²) in [6.07, 6.45) is 5.17. The van der Waals surface area contributed by atoms with Crippen molar-refractivity contribution in [2.45, 2.75) is 20.4 Å². The van der Waals surface area contributed by atoms with Crippen LogP contribution in [0.25, 0.3) is 16.7 Å². The first-order valence-corrected chi connectivity index (χ1v) is 7.05. The highest BCUT2D eigenvalue weighted by atomic mass is 15.4. The van der Waals surface area contributed by atoms with Gasteiger partial charge in [0, 0.05) is 18.9 Å². The van der Waals surface area contributed by atoms with E-state index in [9.17, 15) is 0 Å². The Hall–Kier alpha value is -2.34. The Bertz CT molecular complexity index is 734. The van der Waals surface area contributed by atoms with E-state index in [1.54, 1.807) is 18.6 Å². The minimum atomic E-state index is 0.616. The highest BCUT2D eigenvalue weighted by Crippen LogP contribution is 2.15. The molecule has 3 aromatic rings. The molecule has 3 rings (SSSR count). The van der Waals surface area contributed by atoms with Gasteiger partial charge in [0.1, 0.15) is 0 Å². The zero-order valence-electron chi connectivity index (χ0n) is 12.2. The number of aromatic nitrogens is 5. The van der Waals surface area contributed by atoms with Crippen LogP contribution in [0.3, 0.4) is 0 Å². The Morgan fingerprint density at radius 1 is 1.14 bits per heavy atom. The standard InChI is InChI=1S/C15H18N6/c1-11(2)8-16-9-13-10-19-20-21(13)12-3-4-14-15(7-12)18-6-5-17-14/h3-7,10-11,16H,8-9H2,1-2H3. The van der Waals surface area contributed by atoms with Crippen LogP contribution in [0.2, 0.25) is 0 Å². The lowest BCUT2D eigenvalue weighted by Crippen LogP contribution is -2.20. The number of hydrogen-bond acceptors (Lipinski definition) is 5. The molecule has 6 heteroatoms. The van der Waals surface area contributed by atoms with Gasteiger partial charge in [0.2, 0.25) is 0 Å². The molecule has 2 aromatic heterocycles. The van der Waals surface area contributed by atoms with Gasteiger partial charge in [0.15, 0.2) is 0 Å². The molecule has 1 aromatic carbocycles. The summed E-state index contributed by atoms with van der Waals surface area (Å²) < 4.78 is 1.83. The second-order valence-electron chi connectivity index (χ2n) is 5.39. The summed E-state index contributed by atoms with van der Waals surface area (Å²) in [6, 6.07) is 5.91. The van der Waals surface area contributed by atoms with Crippen molar-refractivity contribution >= 4 is 11.0 Å². The van der Waals surface area contributed by atoms with E-state index in [-0.39, 0.29) is 0 Å².